The molecule has 1 unspecified atom stereocenters. The molecule has 1 amide bonds. The van der Waals surface area contributed by atoms with Crippen molar-refractivity contribution in [3.8, 4) is 23.0 Å². The molecule has 1 atom stereocenters. The van der Waals surface area contributed by atoms with Gasteiger partial charge in [-0.1, -0.05) is 12.1 Å². The molecule has 0 bridgehead atoms. The number of ether oxygens (including phenoxy) is 3. The number of furan rings is 1. The van der Waals surface area contributed by atoms with Gasteiger partial charge in [-0.25, -0.2) is 0 Å². The van der Waals surface area contributed by atoms with E-state index in [-0.39, 0.29) is 34.3 Å². The zero-order valence-electron chi connectivity index (χ0n) is 18.1. The quantitative estimate of drug-likeness (QED) is 0.521. The molecule has 2 N–H and O–H groups in total. The van der Waals surface area contributed by atoms with Gasteiger partial charge in [0.25, 0.3) is 5.91 Å². The first-order valence-corrected chi connectivity index (χ1v) is 9.85. The van der Waals surface area contributed by atoms with Gasteiger partial charge >= 0.3 is 0 Å². The zero-order chi connectivity index (χ0) is 23.7. The maximum atomic E-state index is 13.3. The Balaban J connectivity index is 1.98. The topological polar surface area (TPSA) is 119 Å². The lowest BCUT2D eigenvalue weighted by atomic mass is 9.94. The van der Waals surface area contributed by atoms with Gasteiger partial charge in [0, 0.05) is 0 Å². The minimum absolute atomic E-state index is 0.0547. The molecule has 0 radical (unpaired) electrons. The molecule has 0 aliphatic carbocycles. The van der Waals surface area contributed by atoms with Crippen molar-refractivity contribution < 1.29 is 38.4 Å². The van der Waals surface area contributed by atoms with Gasteiger partial charge in [-0.05, 0) is 42.0 Å². The molecule has 9 heteroatoms. The average molecular weight is 451 g/mol. The predicted molar refractivity (Wildman–Crippen MR) is 117 cm³/mol. The van der Waals surface area contributed by atoms with Crippen LogP contribution in [0, 0.1) is 0 Å². The number of methoxy groups -OCH3 is 3. The number of aromatic hydroxyl groups is 1. The molecule has 0 spiro atoms. The van der Waals surface area contributed by atoms with Crippen molar-refractivity contribution in [2.45, 2.75) is 6.04 Å². The summed E-state index contributed by atoms with van der Waals surface area (Å²) in [7, 11) is 4.32. The van der Waals surface area contributed by atoms with E-state index in [1.165, 1.54) is 51.9 Å². The highest BCUT2D eigenvalue weighted by Crippen LogP contribution is 2.48. The Morgan fingerprint density at radius 1 is 0.970 bits per heavy atom. The number of phenolic OH excluding ortho intramolecular Hbond substituents is 1. The number of para-hydroxylation sites is 2. The summed E-state index contributed by atoms with van der Waals surface area (Å²) in [5, 5.41) is 21.3. The summed E-state index contributed by atoms with van der Waals surface area (Å²) in [4.78, 5) is 27.6. The van der Waals surface area contributed by atoms with Gasteiger partial charge < -0.3 is 28.8 Å². The smallest absolute Gasteiger partial charge is 0.294 e. The second kappa shape index (κ2) is 8.62. The van der Waals surface area contributed by atoms with Crippen LogP contribution in [0.2, 0.25) is 0 Å². The van der Waals surface area contributed by atoms with Gasteiger partial charge in [-0.2, -0.15) is 0 Å². The van der Waals surface area contributed by atoms with Crippen LogP contribution in [0.3, 0.4) is 0 Å². The Morgan fingerprint density at radius 2 is 1.64 bits per heavy atom. The molecule has 170 valence electrons. The SMILES string of the molecule is COc1cc(C2C(C(=O)c3ccco3)=C(O)C(=O)N2c2ccccc2O)cc(OC)c1OC. The van der Waals surface area contributed by atoms with Crippen molar-refractivity contribution in [2.24, 2.45) is 0 Å². The van der Waals surface area contributed by atoms with Crippen molar-refractivity contribution in [3.63, 3.8) is 0 Å². The fraction of sp³-hybridized carbons (Fsp3) is 0.167. The second-order valence-corrected chi connectivity index (χ2v) is 7.09. The summed E-state index contributed by atoms with van der Waals surface area (Å²) in [5.74, 6) is -1.66. The van der Waals surface area contributed by atoms with Crippen LogP contribution < -0.4 is 19.1 Å². The summed E-state index contributed by atoms with van der Waals surface area (Å²) >= 11 is 0. The van der Waals surface area contributed by atoms with Crippen LogP contribution in [0.5, 0.6) is 23.0 Å². The van der Waals surface area contributed by atoms with Crippen molar-refractivity contribution >= 4 is 17.4 Å². The average Bonchev–Trinajstić information content (AvgIpc) is 3.45. The van der Waals surface area contributed by atoms with Crippen LogP contribution in [0.1, 0.15) is 22.2 Å². The molecule has 33 heavy (non-hydrogen) atoms. The van der Waals surface area contributed by atoms with Gasteiger partial charge in [-0.15, -0.1) is 0 Å². The van der Waals surface area contributed by atoms with Crippen LogP contribution in [-0.4, -0.2) is 43.2 Å². The van der Waals surface area contributed by atoms with Crippen molar-refractivity contribution in [1.29, 1.82) is 0 Å². The number of aliphatic hydroxyl groups excluding tert-OH is 1. The molecule has 0 saturated carbocycles. The third-order valence-corrected chi connectivity index (χ3v) is 5.34. The highest BCUT2D eigenvalue weighted by Gasteiger charge is 2.46. The summed E-state index contributed by atoms with van der Waals surface area (Å²) < 4.78 is 21.4. The number of ketones is 1. The number of hydrogen-bond donors (Lipinski definition) is 2. The summed E-state index contributed by atoms with van der Waals surface area (Å²) in [6.45, 7) is 0. The molecule has 9 nitrogen and oxygen atoms in total. The second-order valence-electron chi connectivity index (χ2n) is 7.09. The molecule has 0 fully saturated rings. The Hall–Kier alpha value is -4.40. The number of nitrogens with zero attached hydrogens (tertiary/aromatic N) is 1. The third kappa shape index (κ3) is 3.53. The molecular weight excluding hydrogens is 430 g/mol. The minimum Gasteiger partial charge on any atom is -0.506 e. The number of rotatable bonds is 7. The molecule has 2 aromatic carbocycles. The highest BCUT2D eigenvalue weighted by atomic mass is 16.5. The number of Topliss-reactive ketones (excluding diaryl/α,β-unsaturated/α-hetero) is 1. The van der Waals surface area contributed by atoms with E-state index in [1.54, 1.807) is 24.3 Å². The van der Waals surface area contributed by atoms with Gasteiger partial charge in [0.15, 0.2) is 23.0 Å². The Bertz CT molecular complexity index is 1220. The van der Waals surface area contributed by atoms with Crippen LogP contribution in [-0.2, 0) is 4.79 Å². The van der Waals surface area contributed by atoms with Gasteiger partial charge in [-0.3, -0.25) is 14.5 Å². The van der Waals surface area contributed by atoms with E-state index < -0.39 is 23.5 Å². The highest BCUT2D eigenvalue weighted by molar-refractivity contribution is 6.20. The first-order chi connectivity index (χ1) is 15.9. The largest absolute Gasteiger partial charge is 0.506 e. The number of anilines is 1. The molecule has 3 aromatic rings. The molecular formula is C24H21NO8. The first-order valence-electron chi connectivity index (χ1n) is 9.85. The number of phenols is 1. The predicted octanol–water partition coefficient (Wildman–Crippen LogP) is 3.79. The zero-order valence-corrected chi connectivity index (χ0v) is 18.1. The normalized spacial score (nSPS) is 15.7. The Labute approximate surface area is 189 Å². The van der Waals surface area contributed by atoms with Crippen LogP contribution in [0.25, 0.3) is 0 Å². The molecule has 1 aliphatic rings. The summed E-state index contributed by atoms with van der Waals surface area (Å²) in [6.07, 6.45) is 1.32. The molecule has 0 saturated heterocycles. The van der Waals surface area contributed by atoms with Crippen LogP contribution in [0.4, 0.5) is 5.69 Å². The lowest BCUT2D eigenvalue weighted by Crippen LogP contribution is -2.31. The van der Waals surface area contributed by atoms with Crippen LogP contribution >= 0.6 is 0 Å². The maximum Gasteiger partial charge on any atom is 0.294 e. The maximum absolute atomic E-state index is 13.3. The number of aliphatic hydroxyl groups is 1. The Kier molecular flexibility index (Phi) is 5.70. The van der Waals surface area contributed by atoms with Crippen molar-refractivity contribution in [1.82, 2.24) is 0 Å². The first kappa shape index (κ1) is 21.8. The van der Waals surface area contributed by atoms with Crippen molar-refractivity contribution in [2.75, 3.05) is 26.2 Å². The number of hydrogen-bond acceptors (Lipinski definition) is 8. The lowest BCUT2D eigenvalue weighted by molar-refractivity contribution is -0.117. The van der Waals surface area contributed by atoms with Crippen molar-refractivity contribution in [3.05, 3.63) is 77.5 Å². The summed E-state index contributed by atoms with van der Waals surface area (Å²) in [6, 6.07) is 11.1. The van der Waals surface area contributed by atoms with E-state index in [0.717, 1.165) is 4.90 Å². The molecule has 4 rings (SSSR count). The van der Waals surface area contributed by atoms with E-state index >= 15 is 0 Å². The molecule has 2 heterocycles. The van der Waals surface area contributed by atoms with Gasteiger partial charge in [0.1, 0.15) is 5.75 Å². The number of carbonyl (C=O) groups excluding carboxylic acids is 2. The molecule has 1 aliphatic heterocycles. The number of benzene rings is 2. The van der Waals surface area contributed by atoms with Gasteiger partial charge in [0.05, 0.1) is 44.9 Å². The third-order valence-electron chi connectivity index (χ3n) is 5.34. The fourth-order valence-electron chi connectivity index (χ4n) is 3.87. The minimum atomic E-state index is -1.13. The van der Waals surface area contributed by atoms with E-state index in [1.807, 2.05) is 0 Å². The number of amides is 1. The van der Waals surface area contributed by atoms with E-state index in [4.69, 9.17) is 18.6 Å². The van der Waals surface area contributed by atoms with Crippen LogP contribution in [0.15, 0.2) is 70.5 Å². The van der Waals surface area contributed by atoms with E-state index in [0.29, 0.717) is 11.3 Å². The Morgan fingerprint density at radius 3 is 2.18 bits per heavy atom. The standard InChI is InChI=1S/C24H21NO8/c1-30-17-11-13(12-18(31-2)23(17)32-3)20-19(21(27)16-9-6-10-33-16)22(28)24(29)25(20)14-7-4-5-8-15(14)26/h4-12,20,26,28H,1-3H3. The monoisotopic (exact) mass is 451 g/mol. The lowest BCUT2D eigenvalue weighted by Gasteiger charge is -2.28. The van der Waals surface area contributed by atoms with E-state index in [2.05, 4.69) is 0 Å². The van der Waals surface area contributed by atoms with E-state index in [9.17, 15) is 19.8 Å². The number of carbonyl (C=O) groups is 2. The van der Waals surface area contributed by atoms with Gasteiger partial charge in [0.2, 0.25) is 11.5 Å². The fourth-order valence-corrected chi connectivity index (χ4v) is 3.87. The molecule has 1 aromatic heterocycles. The summed E-state index contributed by atoms with van der Waals surface area (Å²) in [5.41, 5.74) is 0.266.